The topological polar surface area (TPSA) is 23.4 Å². The van der Waals surface area contributed by atoms with Crippen LogP contribution in [0.1, 0.15) is 0 Å². The highest BCUT2D eigenvalue weighted by molar-refractivity contribution is 9.10. The molecule has 0 unspecified atom stereocenters. The lowest BCUT2D eigenvalue weighted by molar-refractivity contribution is 0.444. The second-order valence-corrected chi connectivity index (χ2v) is 6.42. The minimum Gasteiger partial charge on any atom is -0.453 e. The fraction of sp³-hybridized carbons (Fsp3) is 0. The first-order valence-corrected chi connectivity index (χ1v) is 7.87. The number of benzene rings is 3. The van der Waals surface area contributed by atoms with Crippen molar-refractivity contribution < 1.29 is 9.47 Å². The number of hydrogen-bond donors (Lipinski definition) is 0. The molecule has 2 aliphatic heterocycles. The standard InChI is InChI=1S/C18H8BrNO2/c19-10-7-8-14-18-15(10)9-3-1-4-11-16(9)20(18)17-12(21-11)5-2-6-13(17)22-14/h1-8H. The minimum absolute atomic E-state index is 0.834. The first kappa shape index (κ1) is 11.2. The first-order valence-electron chi connectivity index (χ1n) is 7.08. The zero-order chi connectivity index (χ0) is 14.4. The number of para-hydroxylation sites is 2. The number of hydrogen-bond acceptors (Lipinski definition) is 2. The quantitative estimate of drug-likeness (QED) is 0.348. The Bertz CT molecular complexity index is 1130. The molecule has 104 valence electrons. The third kappa shape index (κ3) is 1.08. The minimum atomic E-state index is 0.834. The van der Waals surface area contributed by atoms with E-state index in [-0.39, 0.29) is 0 Å². The molecule has 6 rings (SSSR count). The summed E-state index contributed by atoms with van der Waals surface area (Å²) < 4.78 is 15.6. The molecule has 0 fully saturated rings. The molecule has 3 aromatic carbocycles. The van der Waals surface area contributed by atoms with Crippen LogP contribution < -0.4 is 9.47 Å². The van der Waals surface area contributed by atoms with Gasteiger partial charge in [0, 0.05) is 15.2 Å². The molecule has 0 N–H and O–H groups in total. The SMILES string of the molecule is Brc1ccc2c3c1c1cccc4c1n3-c1c(cccc1O2)O4. The average molecular weight is 350 g/mol. The van der Waals surface area contributed by atoms with Crippen molar-refractivity contribution in [3.8, 4) is 28.7 Å². The van der Waals surface area contributed by atoms with E-state index in [2.05, 4.69) is 26.6 Å². The van der Waals surface area contributed by atoms with Crippen molar-refractivity contribution in [3.05, 3.63) is 53.0 Å². The van der Waals surface area contributed by atoms with E-state index >= 15 is 0 Å². The van der Waals surface area contributed by atoms with Gasteiger partial charge in [-0.15, -0.1) is 0 Å². The van der Waals surface area contributed by atoms with Crippen molar-refractivity contribution >= 4 is 37.7 Å². The molecular weight excluding hydrogens is 342 g/mol. The fourth-order valence-electron chi connectivity index (χ4n) is 3.60. The highest BCUT2D eigenvalue weighted by Crippen LogP contribution is 2.54. The summed E-state index contributed by atoms with van der Waals surface area (Å²) in [5.74, 6) is 3.44. The molecule has 4 aromatic rings. The second kappa shape index (κ2) is 3.47. The maximum absolute atomic E-state index is 6.12. The van der Waals surface area contributed by atoms with Crippen molar-refractivity contribution in [2.75, 3.05) is 0 Å². The Morgan fingerprint density at radius 1 is 0.727 bits per heavy atom. The highest BCUT2D eigenvalue weighted by atomic mass is 79.9. The molecule has 0 saturated heterocycles. The largest absolute Gasteiger partial charge is 0.453 e. The third-order valence-electron chi connectivity index (χ3n) is 4.43. The number of fused-ring (bicyclic) bond motifs is 1. The van der Waals surface area contributed by atoms with E-state index in [1.54, 1.807) is 0 Å². The van der Waals surface area contributed by atoms with Crippen LogP contribution in [-0.2, 0) is 0 Å². The first-order chi connectivity index (χ1) is 10.8. The summed E-state index contributed by atoms with van der Waals surface area (Å²) in [5.41, 5.74) is 3.20. The maximum atomic E-state index is 6.12. The predicted molar refractivity (Wildman–Crippen MR) is 88.6 cm³/mol. The summed E-state index contributed by atoms with van der Waals surface area (Å²) >= 11 is 3.69. The van der Waals surface area contributed by atoms with Crippen LogP contribution in [0.25, 0.3) is 27.5 Å². The monoisotopic (exact) mass is 349 g/mol. The van der Waals surface area contributed by atoms with Crippen LogP contribution in [-0.4, -0.2) is 4.57 Å². The molecule has 0 aliphatic carbocycles. The van der Waals surface area contributed by atoms with Gasteiger partial charge in [-0.25, -0.2) is 0 Å². The Labute approximate surface area is 133 Å². The Hall–Kier alpha value is -2.46. The van der Waals surface area contributed by atoms with E-state index < -0.39 is 0 Å². The van der Waals surface area contributed by atoms with Gasteiger partial charge in [-0.2, -0.15) is 0 Å². The number of rotatable bonds is 0. The summed E-state index contributed by atoms with van der Waals surface area (Å²) in [7, 11) is 0. The zero-order valence-corrected chi connectivity index (χ0v) is 12.8. The van der Waals surface area contributed by atoms with E-state index in [1.807, 2.05) is 42.5 Å². The van der Waals surface area contributed by atoms with Gasteiger partial charge in [0.05, 0.1) is 11.0 Å². The van der Waals surface area contributed by atoms with E-state index in [0.717, 1.165) is 44.2 Å². The summed E-state index contributed by atoms with van der Waals surface area (Å²) in [6.07, 6.45) is 0. The molecule has 2 aliphatic rings. The van der Waals surface area contributed by atoms with E-state index in [0.29, 0.717) is 0 Å². The maximum Gasteiger partial charge on any atom is 0.155 e. The Balaban J connectivity index is 2.04. The van der Waals surface area contributed by atoms with E-state index in [1.165, 1.54) is 10.8 Å². The number of ether oxygens (including phenoxy) is 2. The van der Waals surface area contributed by atoms with Gasteiger partial charge in [-0.1, -0.05) is 34.1 Å². The molecule has 1 aromatic heterocycles. The fourth-order valence-corrected chi connectivity index (χ4v) is 4.14. The Kier molecular flexibility index (Phi) is 1.76. The second-order valence-electron chi connectivity index (χ2n) is 5.56. The van der Waals surface area contributed by atoms with Crippen molar-refractivity contribution in [1.82, 2.24) is 4.57 Å². The summed E-state index contributed by atoms with van der Waals surface area (Å²) in [5, 5.41) is 2.34. The van der Waals surface area contributed by atoms with Crippen LogP contribution in [0.15, 0.2) is 53.0 Å². The molecule has 3 heterocycles. The molecule has 0 bridgehead atoms. The van der Waals surface area contributed by atoms with Crippen LogP contribution in [0.4, 0.5) is 0 Å². The smallest absolute Gasteiger partial charge is 0.155 e. The molecular formula is C18H8BrNO2. The molecule has 0 radical (unpaired) electrons. The number of halogens is 1. The van der Waals surface area contributed by atoms with Gasteiger partial charge in [0.15, 0.2) is 23.0 Å². The summed E-state index contributed by atoms with van der Waals surface area (Å²) in [6.45, 7) is 0. The van der Waals surface area contributed by atoms with Gasteiger partial charge in [-0.3, -0.25) is 4.57 Å². The van der Waals surface area contributed by atoms with Crippen LogP contribution in [0.3, 0.4) is 0 Å². The van der Waals surface area contributed by atoms with Gasteiger partial charge >= 0.3 is 0 Å². The van der Waals surface area contributed by atoms with Crippen molar-refractivity contribution in [2.24, 2.45) is 0 Å². The predicted octanol–water partition coefficient (Wildman–Crippen LogP) is 5.76. The molecule has 0 saturated carbocycles. The molecule has 4 heteroatoms. The Morgan fingerprint density at radius 3 is 2.23 bits per heavy atom. The lowest BCUT2D eigenvalue weighted by atomic mass is 10.1. The van der Waals surface area contributed by atoms with Gasteiger partial charge in [0.2, 0.25) is 0 Å². The van der Waals surface area contributed by atoms with Gasteiger partial charge in [0.1, 0.15) is 5.69 Å². The van der Waals surface area contributed by atoms with Crippen LogP contribution >= 0.6 is 15.9 Å². The zero-order valence-electron chi connectivity index (χ0n) is 11.3. The molecule has 22 heavy (non-hydrogen) atoms. The van der Waals surface area contributed by atoms with E-state index in [4.69, 9.17) is 9.47 Å². The third-order valence-corrected chi connectivity index (χ3v) is 5.09. The van der Waals surface area contributed by atoms with Crippen LogP contribution in [0.2, 0.25) is 0 Å². The van der Waals surface area contributed by atoms with Gasteiger partial charge in [0.25, 0.3) is 0 Å². The van der Waals surface area contributed by atoms with Gasteiger partial charge < -0.3 is 9.47 Å². The van der Waals surface area contributed by atoms with E-state index in [9.17, 15) is 0 Å². The lowest BCUT2D eigenvalue weighted by Crippen LogP contribution is -2.09. The lowest BCUT2D eigenvalue weighted by Gasteiger charge is -2.26. The Morgan fingerprint density at radius 2 is 1.41 bits per heavy atom. The molecule has 0 amide bonds. The van der Waals surface area contributed by atoms with Crippen LogP contribution in [0.5, 0.6) is 23.0 Å². The summed E-state index contributed by atoms with van der Waals surface area (Å²) in [4.78, 5) is 0. The number of nitrogens with zero attached hydrogens (tertiary/aromatic N) is 1. The van der Waals surface area contributed by atoms with Crippen LogP contribution in [0, 0.1) is 0 Å². The molecule has 0 atom stereocenters. The number of aromatic nitrogens is 1. The molecule has 3 nitrogen and oxygen atoms in total. The van der Waals surface area contributed by atoms with Crippen molar-refractivity contribution in [3.63, 3.8) is 0 Å². The van der Waals surface area contributed by atoms with Gasteiger partial charge in [-0.05, 0) is 30.3 Å². The summed E-state index contributed by atoms with van der Waals surface area (Å²) in [6, 6.07) is 16.2. The van der Waals surface area contributed by atoms with Crippen molar-refractivity contribution in [2.45, 2.75) is 0 Å². The highest BCUT2D eigenvalue weighted by Gasteiger charge is 2.31. The van der Waals surface area contributed by atoms with Crippen molar-refractivity contribution in [1.29, 1.82) is 0 Å². The average Bonchev–Trinajstić information content (AvgIpc) is 2.89. The molecule has 0 spiro atoms. The normalized spacial score (nSPS) is 13.5.